The lowest BCUT2D eigenvalue weighted by Crippen LogP contribution is -2.46. The van der Waals surface area contributed by atoms with Gasteiger partial charge in [-0.2, -0.15) is 0 Å². The van der Waals surface area contributed by atoms with E-state index >= 15 is 0 Å². The van der Waals surface area contributed by atoms with Gasteiger partial charge in [0, 0.05) is 18.8 Å². The zero-order valence-electron chi connectivity index (χ0n) is 11.1. The van der Waals surface area contributed by atoms with E-state index in [0.29, 0.717) is 13.1 Å². The number of aryl methyl sites for hydroxylation is 1. The first-order chi connectivity index (χ1) is 9.08. The Labute approximate surface area is 112 Å². The minimum atomic E-state index is -0.451. The molecule has 0 saturated carbocycles. The van der Waals surface area contributed by atoms with E-state index in [2.05, 4.69) is 5.32 Å². The molecular weight excluding hydrogens is 242 g/mol. The van der Waals surface area contributed by atoms with Crippen LogP contribution in [0.15, 0.2) is 24.3 Å². The summed E-state index contributed by atoms with van der Waals surface area (Å²) in [6.45, 7) is 3.00. The number of nitrogens with zero attached hydrogens (tertiary/aromatic N) is 1. The molecule has 0 radical (unpaired) electrons. The zero-order chi connectivity index (χ0) is 13.8. The summed E-state index contributed by atoms with van der Waals surface area (Å²) in [6.07, 6.45) is 1.61. The second kappa shape index (κ2) is 5.73. The third kappa shape index (κ3) is 3.24. The van der Waals surface area contributed by atoms with E-state index in [-0.39, 0.29) is 11.8 Å². The number of piperidine rings is 1. The first-order valence-corrected chi connectivity index (χ1v) is 6.49. The number of nitrogens with one attached hydrogen (secondary N) is 1. The fraction of sp³-hybridized carbons (Fsp3) is 0.429. The summed E-state index contributed by atoms with van der Waals surface area (Å²) in [5.74, 6) is -0.221. The molecule has 1 atom stereocenters. The summed E-state index contributed by atoms with van der Waals surface area (Å²) in [5, 5.41) is 2.92. The summed E-state index contributed by atoms with van der Waals surface area (Å²) in [4.78, 5) is 24.9. The van der Waals surface area contributed by atoms with E-state index in [1.165, 1.54) is 4.90 Å². The third-order valence-electron chi connectivity index (χ3n) is 3.51. The van der Waals surface area contributed by atoms with Crippen LogP contribution in [0.5, 0.6) is 0 Å². The molecule has 1 aromatic rings. The smallest absolute Gasteiger partial charge is 0.314 e. The molecule has 0 unspecified atom stereocenters. The summed E-state index contributed by atoms with van der Waals surface area (Å²) in [5.41, 5.74) is 7.11. The van der Waals surface area contributed by atoms with Gasteiger partial charge in [-0.25, -0.2) is 4.79 Å². The van der Waals surface area contributed by atoms with Crippen molar-refractivity contribution in [2.45, 2.75) is 19.8 Å². The molecule has 5 heteroatoms. The predicted octanol–water partition coefficient (Wildman–Crippen LogP) is 1.72. The minimum Gasteiger partial charge on any atom is -0.351 e. The highest BCUT2D eigenvalue weighted by Gasteiger charge is 2.27. The molecule has 102 valence electrons. The maximum Gasteiger partial charge on any atom is 0.314 e. The molecule has 0 bridgehead atoms. The molecule has 3 amide bonds. The SMILES string of the molecule is Cc1ccccc1NC(=O)[C@H]1CCCN(C(N)=O)C1. The van der Waals surface area contributed by atoms with Crippen molar-refractivity contribution in [1.29, 1.82) is 0 Å². The van der Waals surface area contributed by atoms with Crippen LogP contribution in [0.4, 0.5) is 10.5 Å². The number of carbonyl (C=O) groups is 2. The van der Waals surface area contributed by atoms with Crippen molar-refractivity contribution < 1.29 is 9.59 Å². The highest BCUT2D eigenvalue weighted by Crippen LogP contribution is 2.20. The molecule has 3 N–H and O–H groups in total. The summed E-state index contributed by atoms with van der Waals surface area (Å²) >= 11 is 0. The monoisotopic (exact) mass is 261 g/mol. The number of anilines is 1. The van der Waals surface area contributed by atoms with Crippen molar-refractivity contribution in [2.75, 3.05) is 18.4 Å². The molecule has 0 aliphatic carbocycles. The molecule has 2 rings (SSSR count). The molecule has 5 nitrogen and oxygen atoms in total. The Kier molecular flexibility index (Phi) is 4.04. The quantitative estimate of drug-likeness (QED) is 0.850. The van der Waals surface area contributed by atoms with Crippen molar-refractivity contribution in [2.24, 2.45) is 11.7 Å². The number of rotatable bonds is 2. The van der Waals surface area contributed by atoms with E-state index in [4.69, 9.17) is 5.73 Å². The van der Waals surface area contributed by atoms with Crippen LogP contribution in [0.2, 0.25) is 0 Å². The van der Waals surface area contributed by atoms with E-state index in [0.717, 1.165) is 24.1 Å². The Bertz CT molecular complexity index is 487. The van der Waals surface area contributed by atoms with Gasteiger partial charge in [-0.15, -0.1) is 0 Å². The molecule has 19 heavy (non-hydrogen) atoms. The van der Waals surface area contributed by atoms with Crippen LogP contribution in [-0.4, -0.2) is 29.9 Å². The Morgan fingerprint density at radius 2 is 2.11 bits per heavy atom. The lowest BCUT2D eigenvalue weighted by molar-refractivity contribution is -0.121. The van der Waals surface area contributed by atoms with Crippen molar-refractivity contribution >= 4 is 17.6 Å². The molecule has 0 aromatic heterocycles. The average molecular weight is 261 g/mol. The van der Waals surface area contributed by atoms with Gasteiger partial charge in [-0.3, -0.25) is 4.79 Å². The number of primary amides is 1. The topological polar surface area (TPSA) is 75.4 Å². The van der Waals surface area contributed by atoms with Gasteiger partial charge in [0.25, 0.3) is 0 Å². The van der Waals surface area contributed by atoms with Gasteiger partial charge < -0.3 is 16.0 Å². The Morgan fingerprint density at radius 3 is 2.79 bits per heavy atom. The number of urea groups is 1. The molecule has 1 aliphatic rings. The number of hydrogen-bond donors (Lipinski definition) is 2. The van der Waals surface area contributed by atoms with Crippen LogP contribution in [-0.2, 0) is 4.79 Å². The molecule has 1 aromatic carbocycles. The number of nitrogens with two attached hydrogens (primary N) is 1. The predicted molar refractivity (Wildman–Crippen MR) is 73.7 cm³/mol. The normalized spacial score (nSPS) is 19.0. The van der Waals surface area contributed by atoms with E-state index in [1.807, 2.05) is 31.2 Å². The molecule has 1 aliphatic heterocycles. The van der Waals surface area contributed by atoms with E-state index < -0.39 is 6.03 Å². The Hall–Kier alpha value is -2.04. The number of para-hydroxylation sites is 1. The number of amides is 3. The van der Waals surface area contributed by atoms with Gasteiger partial charge in [-0.05, 0) is 31.4 Å². The van der Waals surface area contributed by atoms with Crippen LogP contribution in [0.3, 0.4) is 0 Å². The number of benzene rings is 1. The average Bonchev–Trinajstić information content (AvgIpc) is 2.41. The largest absolute Gasteiger partial charge is 0.351 e. The van der Waals surface area contributed by atoms with Gasteiger partial charge in [-0.1, -0.05) is 18.2 Å². The molecule has 1 fully saturated rings. The maximum atomic E-state index is 12.2. The second-order valence-corrected chi connectivity index (χ2v) is 4.93. The van der Waals surface area contributed by atoms with Gasteiger partial charge >= 0.3 is 6.03 Å². The highest BCUT2D eigenvalue weighted by atomic mass is 16.2. The van der Waals surface area contributed by atoms with Crippen molar-refractivity contribution in [3.8, 4) is 0 Å². The fourth-order valence-electron chi connectivity index (χ4n) is 2.34. The van der Waals surface area contributed by atoms with E-state index in [1.54, 1.807) is 0 Å². The van der Waals surface area contributed by atoms with Crippen LogP contribution in [0.1, 0.15) is 18.4 Å². The lowest BCUT2D eigenvalue weighted by Gasteiger charge is -2.30. The van der Waals surface area contributed by atoms with Crippen LogP contribution >= 0.6 is 0 Å². The highest BCUT2D eigenvalue weighted by molar-refractivity contribution is 5.93. The Balaban J connectivity index is 2.00. The van der Waals surface area contributed by atoms with Gasteiger partial charge in [0.1, 0.15) is 0 Å². The van der Waals surface area contributed by atoms with Crippen molar-refractivity contribution in [1.82, 2.24) is 4.90 Å². The third-order valence-corrected chi connectivity index (χ3v) is 3.51. The van der Waals surface area contributed by atoms with E-state index in [9.17, 15) is 9.59 Å². The number of likely N-dealkylation sites (tertiary alicyclic amines) is 1. The van der Waals surface area contributed by atoms with Crippen LogP contribution in [0.25, 0.3) is 0 Å². The zero-order valence-corrected chi connectivity index (χ0v) is 11.1. The summed E-state index contributed by atoms with van der Waals surface area (Å²) in [7, 11) is 0. The van der Waals surface area contributed by atoms with Gasteiger partial charge in [0.05, 0.1) is 5.92 Å². The summed E-state index contributed by atoms with van der Waals surface area (Å²) in [6, 6.07) is 7.20. The lowest BCUT2D eigenvalue weighted by atomic mass is 9.97. The van der Waals surface area contributed by atoms with Crippen molar-refractivity contribution in [3.63, 3.8) is 0 Å². The first-order valence-electron chi connectivity index (χ1n) is 6.49. The standard InChI is InChI=1S/C14H19N3O2/c1-10-5-2-3-7-12(10)16-13(18)11-6-4-8-17(9-11)14(15)19/h2-3,5,7,11H,4,6,8-9H2,1H3,(H2,15,19)(H,16,18)/t11-/m0/s1. The minimum absolute atomic E-state index is 0.0414. The molecule has 0 spiro atoms. The van der Waals surface area contributed by atoms with Gasteiger partial charge in [0.2, 0.25) is 5.91 Å². The number of hydrogen-bond acceptors (Lipinski definition) is 2. The molecule has 1 heterocycles. The first kappa shape index (κ1) is 13.4. The Morgan fingerprint density at radius 1 is 1.37 bits per heavy atom. The molecular formula is C14H19N3O2. The van der Waals surface area contributed by atoms with Crippen LogP contribution < -0.4 is 11.1 Å². The second-order valence-electron chi connectivity index (χ2n) is 4.93. The fourth-order valence-corrected chi connectivity index (χ4v) is 2.34. The van der Waals surface area contributed by atoms with Crippen LogP contribution in [0, 0.1) is 12.8 Å². The van der Waals surface area contributed by atoms with Gasteiger partial charge in [0.15, 0.2) is 0 Å². The van der Waals surface area contributed by atoms with Crippen molar-refractivity contribution in [3.05, 3.63) is 29.8 Å². The summed E-state index contributed by atoms with van der Waals surface area (Å²) < 4.78 is 0. The molecule has 1 saturated heterocycles. The number of carbonyl (C=O) groups excluding carboxylic acids is 2. The maximum absolute atomic E-state index is 12.2.